The van der Waals surface area contributed by atoms with Gasteiger partial charge in [0.25, 0.3) is 0 Å². The van der Waals surface area contributed by atoms with Crippen molar-refractivity contribution >= 4 is 17.9 Å². The van der Waals surface area contributed by atoms with Gasteiger partial charge in [0.15, 0.2) is 0 Å². The Morgan fingerprint density at radius 3 is 2.70 bits per heavy atom. The van der Waals surface area contributed by atoms with Crippen molar-refractivity contribution in [1.82, 2.24) is 10.2 Å². The maximum absolute atomic E-state index is 12.6. The molecule has 2 rings (SSSR count). The summed E-state index contributed by atoms with van der Waals surface area (Å²) in [5.74, 6) is -1.60. The molecule has 3 N–H and O–H groups in total. The fourth-order valence-electron chi connectivity index (χ4n) is 2.98. The Bertz CT molecular complexity index is 716. The van der Waals surface area contributed by atoms with Gasteiger partial charge in [0.2, 0.25) is 11.8 Å². The Labute approximate surface area is 158 Å². The summed E-state index contributed by atoms with van der Waals surface area (Å²) in [6.45, 7) is 2.17. The normalized spacial score (nSPS) is 18.2. The third-order valence-corrected chi connectivity index (χ3v) is 4.46. The van der Waals surface area contributed by atoms with Gasteiger partial charge >= 0.3 is 6.09 Å². The summed E-state index contributed by atoms with van der Waals surface area (Å²) in [4.78, 5) is 37.9. The summed E-state index contributed by atoms with van der Waals surface area (Å²) < 4.78 is 5.30. The van der Waals surface area contributed by atoms with E-state index in [0.29, 0.717) is 19.4 Å². The largest absolute Gasteiger partial charge is 0.445 e. The summed E-state index contributed by atoms with van der Waals surface area (Å²) >= 11 is 0. The van der Waals surface area contributed by atoms with E-state index in [2.05, 4.69) is 5.32 Å². The first kappa shape index (κ1) is 20.2. The van der Waals surface area contributed by atoms with Gasteiger partial charge in [0.05, 0.1) is 6.07 Å². The highest BCUT2D eigenvalue weighted by Crippen LogP contribution is 2.19. The molecule has 1 heterocycles. The van der Waals surface area contributed by atoms with E-state index in [1.54, 1.807) is 6.92 Å². The van der Waals surface area contributed by atoms with Gasteiger partial charge in [-0.25, -0.2) is 4.79 Å². The molecule has 1 aromatic rings. The molecule has 0 saturated carbocycles. The van der Waals surface area contributed by atoms with Gasteiger partial charge in [0.1, 0.15) is 18.7 Å². The molecule has 8 nitrogen and oxygen atoms in total. The number of hydrogen-bond acceptors (Lipinski definition) is 5. The number of carbonyl (C=O) groups excluding carboxylic acids is 3. The molecule has 3 amide bonds. The first-order valence-corrected chi connectivity index (χ1v) is 8.89. The van der Waals surface area contributed by atoms with Crippen LogP contribution in [0.4, 0.5) is 4.79 Å². The SMILES string of the molecule is C[C@@H](C#N)C[C@@H](NC(=O)[C@H]1CCCN1C(=O)OCc1ccccc1)C(N)=O. The molecule has 27 heavy (non-hydrogen) atoms. The molecule has 0 unspecified atom stereocenters. The smallest absolute Gasteiger partial charge is 0.410 e. The van der Waals surface area contributed by atoms with Crippen molar-refractivity contribution in [1.29, 1.82) is 5.26 Å². The number of nitrogens with two attached hydrogens (primary N) is 1. The summed E-state index contributed by atoms with van der Waals surface area (Å²) in [6.07, 6.45) is 0.695. The number of nitrogens with one attached hydrogen (secondary N) is 1. The van der Waals surface area contributed by atoms with Gasteiger partial charge in [0, 0.05) is 12.5 Å². The number of ether oxygens (including phenoxy) is 1. The highest BCUT2D eigenvalue weighted by Gasteiger charge is 2.36. The minimum absolute atomic E-state index is 0.119. The van der Waals surface area contributed by atoms with Crippen LogP contribution in [0.15, 0.2) is 30.3 Å². The van der Waals surface area contributed by atoms with E-state index in [1.165, 1.54) is 4.90 Å². The van der Waals surface area contributed by atoms with Gasteiger partial charge in [-0.3, -0.25) is 14.5 Å². The van der Waals surface area contributed by atoms with Crippen LogP contribution in [0.1, 0.15) is 31.7 Å². The van der Waals surface area contributed by atoms with Crippen molar-refractivity contribution in [2.24, 2.45) is 11.7 Å². The molecule has 1 fully saturated rings. The first-order chi connectivity index (χ1) is 12.9. The van der Waals surface area contributed by atoms with Crippen molar-refractivity contribution in [3.63, 3.8) is 0 Å². The van der Waals surface area contributed by atoms with E-state index in [1.807, 2.05) is 36.4 Å². The number of carbonyl (C=O) groups is 3. The molecule has 8 heteroatoms. The third kappa shape index (κ3) is 5.71. The van der Waals surface area contributed by atoms with Crippen molar-refractivity contribution in [2.45, 2.75) is 44.9 Å². The summed E-state index contributed by atoms with van der Waals surface area (Å²) in [6, 6.07) is 9.60. The van der Waals surface area contributed by atoms with E-state index in [9.17, 15) is 14.4 Å². The highest BCUT2D eigenvalue weighted by atomic mass is 16.6. The van der Waals surface area contributed by atoms with Crippen LogP contribution in [-0.4, -0.2) is 41.4 Å². The molecule has 1 aliphatic heterocycles. The Hall–Kier alpha value is -3.08. The van der Waals surface area contributed by atoms with Gasteiger partial charge in [-0.2, -0.15) is 5.26 Å². The third-order valence-electron chi connectivity index (χ3n) is 4.46. The van der Waals surface area contributed by atoms with E-state index < -0.39 is 35.9 Å². The minimum atomic E-state index is -0.949. The van der Waals surface area contributed by atoms with E-state index in [-0.39, 0.29) is 13.0 Å². The van der Waals surface area contributed by atoms with Gasteiger partial charge < -0.3 is 15.8 Å². The molecule has 3 atom stereocenters. The Kier molecular flexibility index (Phi) is 7.17. The number of rotatable bonds is 7. The van der Waals surface area contributed by atoms with Crippen LogP contribution in [0.3, 0.4) is 0 Å². The van der Waals surface area contributed by atoms with Crippen molar-refractivity contribution in [3.05, 3.63) is 35.9 Å². The molecule has 1 aliphatic rings. The zero-order valence-electron chi connectivity index (χ0n) is 15.3. The van der Waals surface area contributed by atoms with Gasteiger partial charge in [-0.1, -0.05) is 30.3 Å². The number of benzene rings is 1. The van der Waals surface area contributed by atoms with Crippen LogP contribution in [0.5, 0.6) is 0 Å². The molecule has 0 spiro atoms. The highest BCUT2D eigenvalue weighted by molar-refractivity contribution is 5.91. The van der Waals surface area contributed by atoms with Crippen LogP contribution in [0.25, 0.3) is 0 Å². The summed E-state index contributed by atoms with van der Waals surface area (Å²) in [5.41, 5.74) is 6.18. The number of likely N-dealkylation sites (tertiary alicyclic amines) is 1. The predicted octanol–water partition coefficient (Wildman–Crippen LogP) is 1.31. The Morgan fingerprint density at radius 1 is 1.37 bits per heavy atom. The number of nitriles is 1. The lowest BCUT2D eigenvalue weighted by molar-refractivity contribution is -0.130. The molecule has 0 aliphatic carbocycles. The average molecular weight is 372 g/mol. The van der Waals surface area contributed by atoms with Crippen molar-refractivity contribution in [2.75, 3.05) is 6.54 Å². The van der Waals surface area contributed by atoms with Crippen LogP contribution in [-0.2, 0) is 20.9 Å². The number of amides is 3. The molecular weight excluding hydrogens is 348 g/mol. The second kappa shape index (κ2) is 9.57. The van der Waals surface area contributed by atoms with Crippen molar-refractivity contribution in [3.8, 4) is 6.07 Å². The molecule has 1 aromatic carbocycles. The maximum Gasteiger partial charge on any atom is 0.410 e. The van der Waals surface area contributed by atoms with Crippen LogP contribution in [0.2, 0.25) is 0 Å². The minimum Gasteiger partial charge on any atom is -0.445 e. The number of nitrogens with zero attached hydrogens (tertiary/aromatic N) is 2. The zero-order valence-corrected chi connectivity index (χ0v) is 15.3. The van der Waals surface area contributed by atoms with Gasteiger partial charge in [-0.05, 0) is 31.7 Å². The molecule has 0 bridgehead atoms. The molecule has 1 saturated heterocycles. The Balaban J connectivity index is 1.95. The van der Waals surface area contributed by atoms with E-state index in [4.69, 9.17) is 15.7 Å². The van der Waals surface area contributed by atoms with Gasteiger partial charge in [-0.15, -0.1) is 0 Å². The topological polar surface area (TPSA) is 126 Å². The molecule has 0 aromatic heterocycles. The zero-order chi connectivity index (χ0) is 19.8. The molecular formula is C19H24N4O4. The standard InChI is InChI=1S/C19H24N4O4/c1-13(11-20)10-15(17(21)24)22-18(25)16-8-5-9-23(16)19(26)27-12-14-6-3-2-4-7-14/h2-4,6-7,13,15-16H,5,8-10,12H2,1H3,(H2,21,24)(H,22,25)/t13-,15-,16-/m1/s1. The monoisotopic (exact) mass is 372 g/mol. The second-order valence-corrected chi connectivity index (χ2v) is 6.62. The summed E-state index contributed by atoms with van der Waals surface area (Å²) in [5, 5.41) is 11.5. The quantitative estimate of drug-likeness (QED) is 0.746. The fraction of sp³-hybridized carbons (Fsp3) is 0.474. The average Bonchev–Trinajstić information content (AvgIpc) is 3.16. The van der Waals surface area contributed by atoms with E-state index in [0.717, 1.165) is 5.56 Å². The second-order valence-electron chi connectivity index (χ2n) is 6.62. The fourth-order valence-corrected chi connectivity index (χ4v) is 2.98. The lowest BCUT2D eigenvalue weighted by atomic mass is 10.0. The first-order valence-electron chi connectivity index (χ1n) is 8.89. The molecule has 144 valence electrons. The maximum atomic E-state index is 12.6. The van der Waals surface area contributed by atoms with E-state index >= 15 is 0 Å². The van der Waals surface area contributed by atoms with Crippen LogP contribution < -0.4 is 11.1 Å². The lowest BCUT2D eigenvalue weighted by Crippen LogP contribution is -2.52. The summed E-state index contributed by atoms with van der Waals surface area (Å²) in [7, 11) is 0. The number of hydrogen-bond donors (Lipinski definition) is 2. The van der Waals surface area contributed by atoms with Crippen molar-refractivity contribution < 1.29 is 19.1 Å². The molecule has 0 radical (unpaired) electrons. The predicted molar refractivity (Wildman–Crippen MR) is 96.9 cm³/mol. The lowest BCUT2D eigenvalue weighted by Gasteiger charge is -2.25. The van der Waals surface area contributed by atoms with Crippen LogP contribution >= 0.6 is 0 Å². The van der Waals surface area contributed by atoms with Crippen LogP contribution in [0, 0.1) is 17.2 Å². The Morgan fingerprint density at radius 2 is 2.07 bits per heavy atom. The number of primary amides is 1.